The van der Waals surface area contributed by atoms with E-state index in [2.05, 4.69) is 10.2 Å². The molecule has 0 amide bonds. The van der Waals surface area contributed by atoms with Gasteiger partial charge in [-0.3, -0.25) is 13.8 Å². The Morgan fingerprint density at radius 2 is 2.12 bits per heavy atom. The molecule has 86 valence electrons. The lowest BCUT2D eigenvalue weighted by Gasteiger charge is -1.99. The number of rotatable bonds is 2. The van der Waals surface area contributed by atoms with Gasteiger partial charge in [0.15, 0.2) is 0 Å². The fraction of sp³-hybridized carbons (Fsp3) is 0.100. The number of para-hydroxylation sites is 2. The summed E-state index contributed by atoms with van der Waals surface area (Å²) in [4.78, 5) is 10.9. The molecule has 0 aliphatic carbocycles. The number of aromatic amines is 1. The monoisotopic (exact) mass is 248 g/mol. The molecule has 0 aliphatic rings. The first-order valence-electron chi connectivity index (χ1n) is 4.94. The van der Waals surface area contributed by atoms with Gasteiger partial charge in [0.1, 0.15) is 6.54 Å². The van der Waals surface area contributed by atoms with Crippen LogP contribution in [0.1, 0.15) is 0 Å². The van der Waals surface area contributed by atoms with Crippen LogP contribution in [0.15, 0.2) is 24.3 Å². The largest absolute Gasteiger partial charge is 0.480 e. The van der Waals surface area contributed by atoms with Crippen molar-refractivity contribution in [1.29, 1.82) is 0 Å². The van der Waals surface area contributed by atoms with E-state index in [1.807, 2.05) is 24.3 Å². The van der Waals surface area contributed by atoms with Crippen LogP contribution in [-0.4, -0.2) is 30.2 Å². The smallest absolute Gasteiger partial charge is 0.323 e. The Labute approximate surface area is 100 Å². The van der Waals surface area contributed by atoms with Crippen molar-refractivity contribution in [3.05, 3.63) is 29.0 Å². The van der Waals surface area contributed by atoms with Crippen LogP contribution in [0, 0.1) is 4.77 Å². The average Bonchev–Trinajstić information content (AvgIpc) is 2.80. The summed E-state index contributed by atoms with van der Waals surface area (Å²) in [6.07, 6.45) is 0. The summed E-state index contributed by atoms with van der Waals surface area (Å²) >= 11 is 5.13. The second-order valence-corrected chi connectivity index (χ2v) is 4.02. The second-order valence-electron chi connectivity index (χ2n) is 3.63. The molecule has 0 saturated heterocycles. The molecule has 0 radical (unpaired) electrons. The highest BCUT2D eigenvalue weighted by atomic mass is 32.1. The molecule has 0 bridgehead atoms. The highest BCUT2D eigenvalue weighted by molar-refractivity contribution is 7.71. The highest BCUT2D eigenvalue weighted by Crippen LogP contribution is 2.19. The van der Waals surface area contributed by atoms with Gasteiger partial charge < -0.3 is 5.11 Å². The van der Waals surface area contributed by atoms with Gasteiger partial charge in [-0.05, 0) is 24.4 Å². The van der Waals surface area contributed by atoms with E-state index in [1.165, 1.54) is 0 Å². The number of benzene rings is 1. The molecule has 1 aromatic carbocycles. The Balaban J connectivity index is 2.50. The van der Waals surface area contributed by atoms with Crippen molar-refractivity contribution < 1.29 is 9.90 Å². The Morgan fingerprint density at radius 1 is 1.41 bits per heavy atom. The number of carboxylic acid groups (broad SMARTS) is 1. The highest BCUT2D eigenvalue weighted by Gasteiger charge is 2.14. The Bertz CT molecular complexity index is 782. The first-order chi connectivity index (χ1) is 8.18. The van der Waals surface area contributed by atoms with E-state index in [0.717, 1.165) is 11.0 Å². The minimum Gasteiger partial charge on any atom is -0.480 e. The second kappa shape index (κ2) is 3.42. The van der Waals surface area contributed by atoms with Crippen LogP contribution in [0.3, 0.4) is 0 Å². The minimum absolute atomic E-state index is 0.142. The maximum Gasteiger partial charge on any atom is 0.323 e. The van der Waals surface area contributed by atoms with E-state index in [0.29, 0.717) is 10.5 Å². The number of imidazole rings is 1. The number of hydrogen-bond acceptors (Lipinski definition) is 3. The number of aromatic nitrogens is 4. The van der Waals surface area contributed by atoms with E-state index in [4.69, 9.17) is 17.3 Å². The summed E-state index contributed by atoms with van der Waals surface area (Å²) in [5.41, 5.74) is 1.65. The lowest BCUT2D eigenvalue weighted by Crippen LogP contribution is -2.08. The summed E-state index contributed by atoms with van der Waals surface area (Å²) < 4.78 is 3.80. The molecule has 2 aromatic heterocycles. The average molecular weight is 248 g/mol. The number of nitrogens with one attached hydrogen (secondary N) is 1. The number of hydrogen-bond donors (Lipinski definition) is 2. The lowest BCUT2D eigenvalue weighted by atomic mass is 10.3. The van der Waals surface area contributed by atoms with Gasteiger partial charge in [0, 0.05) is 0 Å². The molecule has 0 fully saturated rings. The fourth-order valence-electron chi connectivity index (χ4n) is 1.97. The van der Waals surface area contributed by atoms with E-state index in [1.54, 1.807) is 8.97 Å². The van der Waals surface area contributed by atoms with Crippen molar-refractivity contribution in [2.45, 2.75) is 6.54 Å². The number of fused-ring (bicyclic) bond motifs is 3. The fourth-order valence-corrected chi connectivity index (χ4v) is 2.19. The van der Waals surface area contributed by atoms with Crippen molar-refractivity contribution in [3.63, 3.8) is 0 Å². The molecule has 2 heterocycles. The van der Waals surface area contributed by atoms with Crippen LogP contribution in [-0.2, 0) is 11.3 Å². The lowest BCUT2D eigenvalue weighted by molar-refractivity contribution is -0.137. The quantitative estimate of drug-likeness (QED) is 0.673. The molecular weight excluding hydrogens is 240 g/mol. The predicted octanol–water partition coefficient (Wildman–Crippen LogP) is 1.43. The summed E-state index contributed by atoms with van der Waals surface area (Å²) in [5.74, 6) is -0.402. The first kappa shape index (κ1) is 10.0. The molecular formula is C10H8N4O2S. The first-order valence-corrected chi connectivity index (χ1v) is 5.35. The van der Waals surface area contributed by atoms with Gasteiger partial charge >= 0.3 is 5.97 Å². The number of aliphatic carboxylic acids is 1. The molecule has 3 rings (SSSR count). The minimum atomic E-state index is -0.915. The van der Waals surface area contributed by atoms with Gasteiger partial charge in [0.2, 0.25) is 10.5 Å². The van der Waals surface area contributed by atoms with Crippen molar-refractivity contribution in [2.24, 2.45) is 0 Å². The third-order valence-corrected chi connectivity index (χ3v) is 2.88. The van der Waals surface area contributed by atoms with E-state index >= 15 is 0 Å². The van der Waals surface area contributed by atoms with Crippen molar-refractivity contribution in [3.8, 4) is 0 Å². The normalized spacial score (nSPS) is 11.3. The number of H-pyrrole nitrogens is 1. The van der Waals surface area contributed by atoms with E-state index in [9.17, 15) is 4.79 Å². The molecule has 0 saturated carbocycles. The molecule has 17 heavy (non-hydrogen) atoms. The third kappa shape index (κ3) is 1.36. The van der Waals surface area contributed by atoms with Crippen LogP contribution < -0.4 is 0 Å². The van der Waals surface area contributed by atoms with Gasteiger partial charge in [-0.1, -0.05) is 12.1 Å². The van der Waals surface area contributed by atoms with E-state index < -0.39 is 5.97 Å². The Hall–Kier alpha value is -2.15. The summed E-state index contributed by atoms with van der Waals surface area (Å²) in [7, 11) is 0. The number of carbonyl (C=O) groups is 1. The summed E-state index contributed by atoms with van der Waals surface area (Å²) in [6.45, 7) is -0.142. The van der Waals surface area contributed by atoms with Gasteiger partial charge in [0.05, 0.1) is 11.0 Å². The van der Waals surface area contributed by atoms with Gasteiger partial charge in [-0.25, -0.2) is 5.10 Å². The topological polar surface area (TPSA) is 75.3 Å². The molecule has 7 heteroatoms. The zero-order chi connectivity index (χ0) is 12.0. The van der Waals surface area contributed by atoms with Crippen molar-refractivity contribution >= 4 is 35.0 Å². The van der Waals surface area contributed by atoms with Crippen LogP contribution in [0.5, 0.6) is 0 Å². The molecule has 3 aromatic rings. The van der Waals surface area contributed by atoms with Crippen LogP contribution in [0.2, 0.25) is 0 Å². The predicted molar refractivity (Wildman–Crippen MR) is 63.5 cm³/mol. The summed E-state index contributed by atoms with van der Waals surface area (Å²) in [6, 6.07) is 7.46. The molecule has 0 unspecified atom stereocenters. The van der Waals surface area contributed by atoms with Gasteiger partial charge in [0.25, 0.3) is 0 Å². The zero-order valence-electron chi connectivity index (χ0n) is 8.62. The number of nitrogens with zero attached hydrogens (tertiary/aromatic N) is 3. The molecule has 6 nitrogen and oxygen atoms in total. The van der Waals surface area contributed by atoms with Crippen molar-refractivity contribution in [2.75, 3.05) is 0 Å². The van der Waals surface area contributed by atoms with Crippen LogP contribution in [0.4, 0.5) is 0 Å². The molecule has 0 spiro atoms. The van der Waals surface area contributed by atoms with Crippen molar-refractivity contribution in [1.82, 2.24) is 19.2 Å². The Morgan fingerprint density at radius 3 is 2.82 bits per heavy atom. The molecule has 0 aliphatic heterocycles. The van der Waals surface area contributed by atoms with E-state index in [-0.39, 0.29) is 6.54 Å². The molecule has 0 atom stereocenters. The Kier molecular flexibility index (Phi) is 2.02. The zero-order valence-corrected chi connectivity index (χ0v) is 9.44. The van der Waals surface area contributed by atoms with Gasteiger partial charge in [-0.15, -0.1) is 5.10 Å². The number of carboxylic acids is 1. The van der Waals surface area contributed by atoms with Gasteiger partial charge in [-0.2, -0.15) is 0 Å². The molecule has 2 N–H and O–H groups in total. The standard InChI is InChI=1S/C10H8N4O2S/c15-8(16)5-13-6-3-1-2-4-7(6)14-9(13)11-12-10(14)17/h1-4H,5H2,(H,12,17)(H,15,16). The third-order valence-electron chi connectivity index (χ3n) is 2.60. The SMILES string of the molecule is O=C(O)Cn1c2ccccc2n2c(=S)[nH]nc12. The van der Waals surface area contributed by atoms with Crippen LogP contribution >= 0.6 is 12.2 Å². The maximum atomic E-state index is 10.9. The van der Waals surface area contributed by atoms with Crippen LogP contribution in [0.25, 0.3) is 16.8 Å². The maximum absolute atomic E-state index is 10.9. The summed E-state index contributed by atoms with van der Waals surface area (Å²) in [5, 5.41) is 15.6.